The first-order valence-corrected chi connectivity index (χ1v) is 14.2. The van der Waals surface area contributed by atoms with Crippen molar-refractivity contribution in [2.24, 2.45) is 40.4 Å². The number of carbonyl (C=O) groups is 2. The lowest BCUT2D eigenvalue weighted by Crippen LogP contribution is -2.57. The van der Waals surface area contributed by atoms with Gasteiger partial charge < -0.3 is 10.2 Å². The second kappa shape index (κ2) is 10.4. The summed E-state index contributed by atoms with van der Waals surface area (Å²) in [5.41, 5.74) is 0.447. The van der Waals surface area contributed by atoms with Gasteiger partial charge in [-0.15, -0.1) is 0 Å². The maximum absolute atomic E-state index is 12.4. The average molecular weight is 461 g/mol. The van der Waals surface area contributed by atoms with Crippen molar-refractivity contribution >= 4 is 11.8 Å². The van der Waals surface area contributed by atoms with Crippen molar-refractivity contribution in [1.82, 2.24) is 0 Å². The zero-order valence-electron chi connectivity index (χ0n) is 21.2. The van der Waals surface area contributed by atoms with Crippen LogP contribution in [0.2, 0.25) is 0 Å². The molecule has 4 aliphatic carbocycles. The van der Waals surface area contributed by atoms with Crippen LogP contribution in [0.4, 0.5) is 0 Å². The Morgan fingerprint density at radius 2 is 1.58 bits per heavy atom. The molecule has 0 bridgehead atoms. The molecule has 0 aromatic heterocycles. The van der Waals surface area contributed by atoms with E-state index in [2.05, 4.69) is 13.8 Å². The highest BCUT2D eigenvalue weighted by Gasteiger charge is 2.62. The molecule has 33 heavy (non-hydrogen) atoms. The van der Waals surface area contributed by atoms with E-state index in [0.717, 1.165) is 62.7 Å². The number of hydrogen-bond donors (Lipinski definition) is 2. The van der Waals surface area contributed by atoms with Crippen LogP contribution in [0.3, 0.4) is 0 Å². The monoisotopic (exact) mass is 460 g/mol. The number of carboxylic acid groups (broad SMARTS) is 1. The molecule has 0 heterocycles. The molecule has 0 spiro atoms. The van der Waals surface area contributed by atoms with E-state index in [-0.39, 0.29) is 11.5 Å². The molecule has 2 N–H and O–H groups in total. The van der Waals surface area contributed by atoms with Crippen LogP contribution in [0.25, 0.3) is 0 Å². The number of carbonyl (C=O) groups excluding carboxylic acids is 1. The molecule has 4 saturated carbocycles. The van der Waals surface area contributed by atoms with Crippen LogP contribution >= 0.6 is 0 Å². The van der Waals surface area contributed by atoms with E-state index in [0.29, 0.717) is 29.5 Å². The minimum atomic E-state index is -0.676. The fourth-order valence-corrected chi connectivity index (χ4v) is 9.06. The van der Waals surface area contributed by atoms with Crippen LogP contribution in [-0.2, 0) is 9.59 Å². The molecule has 4 nitrogen and oxygen atoms in total. The topological polar surface area (TPSA) is 74.6 Å². The van der Waals surface area contributed by atoms with Gasteiger partial charge in [-0.2, -0.15) is 0 Å². The molecule has 0 aromatic rings. The summed E-state index contributed by atoms with van der Waals surface area (Å²) in [6, 6.07) is 0. The molecule has 4 heteroatoms. The van der Waals surface area contributed by atoms with E-state index in [4.69, 9.17) is 5.11 Å². The number of fused-ring (bicyclic) bond motifs is 5. The Bertz CT molecular complexity index is 704. The number of Topliss-reactive ketones (excluding diaryl/α,β-unsaturated/α-hetero) is 1. The van der Waals surface area contributed by atoms with E-state index in [1.54, 1.807) is 0 Å². The lowest BCUT2D eigenvalue weighted by molar-refractivity contribution is -0.156. The fourth-order valence-electron chi connectivity index (χ4n) is 9.06. The Morgan fingerprint density at radius 3 is 2.30 bits per heavy atom. The van der Waals surface area contributed by atoms with Gasteiger partial charge in [-0.3, -0.25) is 9.59 Å². The summed E-state index contributed by atoms with van der Waals surface area (Å²) >= 11 is 0. The molecule has 0 aromatic carbocycles. The quantitative estimate of drug-likeness (QED) is 0.352. The molecule has 188 valence electrons. The maximum Gasteiger partial charge on any atom is 0.303 e. The van der Waals surface area contributed by atoms with Crippen molar-refractivity contribution in [2.75, 3.05) is 0 Å². The van der Waals surface area contributed by atoms with Gasteiger partial charge in [0, 0.05) is 19.3 Å². The number of aliphatic carboxylic acids is 1. The molecule has 0 aliphatic heterocycles. The Hall–Kier alpha value is -0.900. The average Bonchev–Trinajstić information content (AvgIpc) is 3.07. The van der Waals surface area contributed by atoms with Gasteiger partial charge in [0.05, 0.1) is 6.10 Å². The van der Waals surface area contributed by atoms with Crippen LogP contribution < -0.4 is 0 Å². The number of rotatable bonds is 10. The largest absolute Gasteiger partial charge is 0.481 e. The molecule has 4 fully saturated rings. The number of carboxylic acids is 1. The summed E-state index contributed by atoms with van der Waals surface area (Å²) in [7, 11) is 0. The zero-order chi connectivity index (χ0) is 23.6. The third-order valence-corrected chi connectivity index (χ3v) is 11.1. The van der Waals surface area contributed by atoms with Crippen molar-refractivity contribution in [3.05, 3.63) is 0 Å². The minimum absolute atomic E-state index is 0.114. The predicted octanol–water partition coefficient (Wildman–Crippen LogP) is 6.78. The first-order valence-electron chi connectivity index (χ1n) is 14.2. The van der Waals surface area contributed by atoms with Gasteiger partial charge in [0.25, 0.3) is 0 Å². The first kappa shape index (κ1) is 25.2. The number of aliphatic hydroxyl groups is 1. The molecule has 4 rings (SSSR count). The summed E-state index contributed by atoms with van der Waals surface area (Å²) in [5.74, 6) is 3.28. The van der Waals surface area contributed by atoms with Gasteiger partial charge in [-0.25, -0.2) is 0 Å². The van der Waals surface area contributed by atoms with Crippen LogP contribution in [0.5, 0.6) is 0 Å². The highest BCUT2D eigenvalue weighted by atomic mass is 16.4. The Labute approximate surface area is 201 Å². The second-order valence-electron chi connectivity index (χ2n) is 12.8. The minimum Gasteiger partial charge on any atom is -0.481 e. The second-order valence-corrected chi connectivity index (χ2v) is 12.8. The molecule has 8 atom stereocenters. The molecular weight excluding hydrogens is 412 g/mol. The lowest BCUT2D eigenvalue weighted by Gasteiger charge is -2.62. The van der Waals surface area contributed by atoms with Crippen molar-refractivity contribution < 1.29 is 19.8 Å². The smallest absolute Gasteiger partial charge is 0.303 e. The van der Waals surface area contributed by atoms with Gasteiger partial charge in [0.1, 0.15) is 5.78 Å². The van der Waals surface area contributed by atoms with Crippen molar-refractivity contribution in [1.29, 1.82) is 0 Å². The van der Waals surface area contributed by atoms with E-state index in [1.165, 1.54) is 57.8 Å². The number of hydrogen-bond acceptors (Lipinski definition) is 3. The summed E-state index contributed by atoms with van der Waals surface area (Å²) in [6.45, 7) is 4.90. The molecule has 0 radical (unpaired) electrons. The third kappa shape index (κ3) is 5.07. The molecular formula is C29H48O4. The molecule has 0 amide bonds. The standard InChI is InChI=1S/C29H48O4/c1-28-16-14-22(30)19-21(28)18-20(10-8-6-4-3-5-7-9-11-26(32)33)27-23-12-13-25(31)29(23,2)17-15-24(27)28/h20-21,23-25,27,31H,3-19H2,1-2H3,(H,32,33)/t20?,21?,23-,24+,25?,27-,28-,29-/m0/s1. The van der Waals surface area contributed by atoms with Crippen LogP contribution in [0, 0.1) is 40.4 Å². The zero-order valence-corrected chi connectivity index (χ0v) is 21.2. The lowest BCUT2D eigenvalue weighted by atomic mass is 9.42. The highest BCUT2D eigenvalue weighted by molar-refractivity contribution is 5.79. The Morgan fingerprint density at radius 1 is 0.909 bits per heavy atom. The fraction of sp³-hybridized carbons (Fsp3) is 0.931. The number of unbranched alkanes of at least 4 members (excludes halogenated alkanes) is 6. The SMILES string of the molecule is C[C@]12CCC(=O)CC1CC(CCCCCCCCCC(=O)O)[C@@H]1[C@H]2CC[C@]2(C)C(O)CC[C@@H]12. The van der Waals surface area contributed by atoms with Crippen LogP contribution in [0.15, 0.2) is 0 Å². The van der Waals surface area contributed by atoms with Gasteiger partial charge in [0.2, 0.25) is 0 Å². The first-order chi connectivity index (χ1) is 15.8. The summed E-state index contributed by atoms with van der Waals surface area (Å²) < 4.78 is 0. The maximum atomic E-state index is 12.4. The van der Waals surface area contributed by atoms with E-state index >= 15 is 0 Å². The normalized spacial score (nSPS) is 42.5. The van der Waals surface area contributed by atoms with Gasteiger partial charge >= 0.3 is 5.97 Å². The Kier molecular flexibility index (Phi) is 7.93. The summed E-state index contributed by atoms with van der Waals surface area (Å²) in [5, 5.41) is 19.6. The predicted molar refractivity (Wildman–Crippen MR) is 131 cm³/mol. The van der Waals surface area contributed by atoms with E-state index < -0.39 is 5.97 Å². The molecule has 3 unspecified atom stereocenters. The van der Waals surface area contributed by atoms with E-state index in [9.17, 15) is 14.7 Å². The molecule has 4 aliphatic rings. The summed E-state index contributed by atoms with van der Waals surface area (Å²) in [6.07, 6.45) is 18.1. The third-order valence-electron chi connectivity index (χ3n) is 11.1. The Balaban J connectivity index is 1.35. The number of ketones is 1. The van der Waals surface area contributed by atoms with Gasteiger partial charge in [-0.1, -0.05) is 58.8 Å². The molecule has 0 saturated heterocycles. The summed E-state index contributed by atoms with van der Waals surface area (Å²) in [4.78, 5) is 23.0. The van der Waals surface area contributed by atoms with Crippen LogP contribution in [0.1, 0.15) is 123 Å². The number of aliphatic hydroxyl groups excluding tert-OH is 1. The van der Waals surface area contributed by atoms with Crippen molar-refractivity contribution in [3.8, 4) is 0 Å². The van der Waals surface area contributed by atoms with Gasteiger partial charge in [0.15, 0.2) is 0 Å². The highest BCUT2D eigenvalue weighted by Crippen LogP contribution is 2.67. The van der Waals surface area contributed by atoms with Crippen molar-refractivity contribution in [3.63, 3.8) is 0 Å². The van der Waals surface area contributed by atoms with Crippen molar-refractivity contribution in [2.45, 2.75) is 129 Å². The van der Waals surface area contributed by atoms with Crippen LogP contribution in [-0.4, -0.2) is 28.1 Å². The van der Waals surface area contributed by atoms with E-state index in [1.807, 2.05) is 0 Å². The van der Waals surface area contributed by atoms with Gasteiger partial charge in [-0.05, 0) is 85.4 Å².